The Balaban J connectivity index is 1.88. The van der Waals surface area contributed by atoms with Crippen LogP contribution in [0.4, 0.5) is 24.5 Å². The highest BCUT2D eigenvalue weighted by Gasteiger charge is 2.32. The number of hydrogen-bond acceptors (Lipinski definition) is 6. The van der Waals surface area contributed by atoms with Crippen LogP contribution in [0.3, 0.4) is 0 Å². The Kier molecular flexibility index (Phi) is 5.87. The Hall–Kier alpha value is -2.62. The molecule has 0 atom stereocenters. The van der Waals surface area contributed by atoms with Crippen LogP contribution in [0.5, 0.6) is 0 Å². The molecule has 0 saturated carbocycles. The smallest absolute Gasteiger partial charge is 0.379 e. The number of hydrogen-bond donors (Lipinski definition) is 3. The quantitative estimate of drug-likeness (QED) is 0.651. The van der Waals surface area contributed by atoms with Gasteiger partial charge in [0, 0.05) is 6.54 Å². The molecule has 3 N–H and O–H groups in total. The van der Waals surface area contributed by atoms with Gasteiger partial charge in [-0.1, -0.05) is 18.2 Å². The number of rotatable bonds is 5. The predicted molar refractivity (Wildman–Crippen MR) is 97.2 cm³/mol. The van der Waals surface area contributed by atoms with Gasteiger partial charge in [-0.25, -0.2) is 0 Å². The third-order valence-corrected chi connectivity index (χ3v) is 4.61. The van der Waals surface area contributed by atoms with Crippen molar-refractivity contribution in [1.82, 2.24) is 4.98 Å². The van der Waals surface area contributed by atoms with Gasteiger partial charge >= 0.3 is 6.18 Å². The molecular weight excluding hydrogens is 375 g/mol. The van der Waals surface area contributed by atoms with E-state index in [1.165, 1.54) is 19.2 Å². The van der Waals surface area contributed by atoms with Gasteiger partial charge in [0.05, 0.1) is 36.4 Å². The summed E-state index contributed by atoms with van der Waals surface area (Å²) in [7, 11) is 0. The zero-order valence-corrected chi connectivity index (χ0v) is 15.1. The topological polar surface area (TPSA) is 77.9 Å². The van der Waals surface area contributed by atoms with E-state index >= 15 is 0 Å². The molecule has 0 saturated heterocycles. The van der Waals surface area contributed by atoms with Gasteiger partial charge in [0.15, 0.2) is 0 Å². The molecule has 1 aliphatic heterocycles. The lowest BCUT2D eigenvalue weighted by Crippen LogP contribution is -2.16. The number of halogens is 3. The number of alkyl halides is 3. The number of nitrogens with zero attached hydrogens (tertiary/aromatic N) is 2. The summed E-state index contributed by atoms with van der Waals surface area (Å²) >= 11 is 0. The molecule has 2 aromatic rings. The predicted octanol–water partition coefficient (Wildman–Crippen LogP) is 4.41. The van der Waals surface area contributed by atoms with E-state index < -0.39 is 11.7 Å². The summed E-state index contributed by atoms with van der Waals surface area (Å²) in [6, 6.07) is 5.61. The van der Waals surface area contributed by atoms with E-state index in [0.29, 0.717) is 36.6 Å². The average Bonchev–Trinajstić information content (AvgIpc) is 2.66. The van der Waals surface area contributed by atoms with Crippen LogP contribution in [0, 0.1) is 6.92 Å². The molecule has 0 bridgehead atoms. The summed E-state index contributed by atoms with van der Waals surface area (Å²) in [4.78, 5) is 4.23. The zero-order valence-electron chi connectivity index (χ0n) is 15.1. The number of ether oxygens (including phenoxy) is 1. The van der Waals surface area contributed by atoms with E-state index in [1.807, 2.05) is 6.08 Å². The number of pyridine rings is 1. The molecular formula is C19H20F3N3O3. The zero-order chi connectivity index (χ0) is 20.3. The van der Waals surface area contributed by atoms with E-state index in [-0.39, 0.29) is 23.0 Å². The molecule has 1 aliphatic rings. The molecule has 0 amide bonds. The SMILES string of the molecule is Cc1c(CNc2cc(C3=CCOCC3)ncc2N(O)O)cccc1C(F)(F)F. The van der Waals surface area contributed by atoms with Gasteiger partial charge < -0.3 is 10.1 Å². The highest BCUT2D eigenvalue weighted by Crippen LogP contribution is 2.34. The third-order valence-electron chi connectivity index (χ3n) is 4.61. The van der Waals surface area contributed by atoms with Crippen LogP contribution in [0.25, 0.3) is 5.57 Å². The van der Waals surface area contributed by atoms with Crippen LogP contribution < -0.4 is 10.5 Å². The maximum absolute atomic E-state index is 13.1. The van der Waals surface area contributed by atoms with Gasteiger partial charge in [0.25, 0.3) is 0 Å². The van der Waals surface area contributed by atoms with Crippen molar-refractivity contribution in [2.45, 2.75) is 26.1 Å². The minimum atomic E-state index is -4.43. The minimum Gasteiger partial charge on any atom is -0.379 e. The minimum absolute atomic E-state index is 0.0129. The fourth-order valence-corrected chi connectivity index (χ4v) is 3.06. The molecule has 1 aromatic heterocycles. The van der Waals surface area contributed by atoms with Gasteiger partial charge in [-0.2, -0.15) is 13.2 Å². The Morgan fingerprint density at radius 1 is 1.29 bits per heavy atom. The Morgan fingerprint density at radius 3 is 2.71 bits per heavy atom. The molecule has 150 valence electrons. The van der Waals surface area contributed by atoms with Gasteiger partial charge in [-0.05, 0) is 42.2 Å². The van der Waals surface area contributed by atoms with Gasteiger partial charge in [-0.3, -0.25) is 15.4 Å². The highest BCUT2D eigenvalue weighted by molar-refractivity contribution is 5.74. The van der Waals surface area contributed by atoms with Gasteiger partial charge in [0.2, 0.25) is 0 Å². The molecule has 2 heterocycles. The summed E-state index contributed by atoms with van der Waals surface area (Å²) in [5, 5.41) is 21.8. The summed E-state index contributed by atoms with van der Waals surface area (Å²) < 4.78 is 44.6. The van der Waals surface area contributed by atoms with Crippen LogP contribution in [0.1, 0.15) is 28.8 Å². The lowest BCUT2D eigenvalue weighted by Gasteiger charge is -2.19. The number of benzene rings is 1. The lowest BCUT2D eigenvalue weighted by molar-refractivity contribution is -0.138. The fourth-order valence-electron chi connectivity index (χ4n) is 3.06. The Labute approximate surface area is 159 Å². The van der Waals surface area contributed by atoms with E-state index in [9.17, 15) is 23.6 Å². The molecule has 3 rings (SSSR count). The van der Waals surface area contributed by atoms with Crippen molar-refractivity contribution in [3.8, 4) is 0 Å². The lowest BCUT2D eigenvalue weighted by atomic mass is 10.0. The monoisotopic (exact) mass is 395 g/mol. The third kappa shape index (κ3) is 4.44. The first-order valence-corrected chi connectivity index (χ1v) is 8.62. The van der Waals surface area contributed by atoms with Gasteiger partial charge in [-0.15, -0.1) is 5.23 Å². The van der Waals surface area contributed by atoms with Crippen molar-refractivity contribution in [3.05, 3.63) is 58.9 Å². The van der Waals surface area contributed by atoms with Crippen molar-refractivity contribution in [1.29, 1.82) is 0 Å². The fraction of sp³-hybridized carbons (Fsp3) is 0.316. The normalized spacial score (nSPS) is 14.6. The molecule has 0 spiro atoms. The summed E-state index contributed by atoms with van der Waals surface area (Å²) in [6.07, 6.45) is -0.590. The average molecular weight is 395 g/mol. The Morgan fingerprint density at radius 2 is 2.07 bits per heavy atom. The first-order valence-electron chi connectivity index (χ1n) is 8.62. The van der Waals surface area contributed by atoms with Crippen LogP contribution in [-0.4, -0.2) is 28.6 Å². The standard InChI is InChI=1S/C19H20F3N3O3/c1-12-14(3-2-4-15(12)19(20,21)22)10-23-17-9-16(13-5-7-28-8-6-13)24-11-18(17)25(26)27/h2-5,9,11,26-27H,6-8,10H2,1H3,(H,23,24). The number of anilines is 2. The van der Waals surface area contributed by atoms with Crippen molar-refractivity contribution in [2.75, 3.05) is 23.8 Å². The summed E-state index contributed by atoms with van der Waals surface area (Å²) in [5.74, 6) is 0. The maximum Gasteiger partial charge on any atom is 0.416 e. The first-order chi connectivity index (χ1) is 13.3. The molecule has 0 unspecified atom stereocenters. The Bertz CT molecular complexity index is 882. The van der Waals surface area contributed by atoms with Gasteiger partial charge in [0.1, 0.15) is 5.69 Å². The van der Waals surface area contributed by atoms with E-state index in [0.717, 1.165) is 11.6 Å². The molecule has 9 heteroatoms. The number of aromatic nitrogens is 1. The molecule has 1 aromatic carbocycles. The van der Waals surface area contributed by atoms with E-state index in [2.05, 4.69) is 10.3 Å². The van der Waals surface area contributed by atoms with Crippen molar-refractivity contribution in [3.63, 3.8) is 0 Å². The van der Waals surface area contributed by atoms with Crippen molar-refractivity contribution < 1.29 is 28.3 Å². The van der Waals surface area contributed by atoms with Crippen LogP contribution in [0.15, 0.2) is 36.5 Å². The molecule has 0 aliphatic carbocycles. The molecule has 28 heavy (non-hydrogen) atoms. The van der Waals surface area contributed by atoms with E-state index in [1.54, 1.807) is 12.1 Å². The molecule has 0 fully saturated rings. The van der Waals surface area contributed by atoms with Crippen LogP contribution >= 0.6 is 0 Å². The summed E-state index contributed by atoms with van der Waals surface area (Å²) in [6.45, 7) is 2.52. The second-order valence-electron chi connectivity index (χ2n) is 6.37. The second kappa shape index (κ2) is 8.17. The van der Waals surface area contributed by atoms with Crippen molar-refractivity contribution in [2.24, 2.45) is 0 Å². The van der Waals surface area contributed by atoms with Crippen LogP contribution in [-0.2, 0) is 17.5 Å². The largest absolute Gasteiger partial charge is 0.416 e. The number of nitrogens with one attached hydrogen (secondary N) is 1. The summed E-state index contributed by atoms with van der Waals surface area (Å²) in [5.41, 5.74) is 1.79. The highest BCUT2D eigenvalue weighted by atomic mass is 19.4. The van der Waals surface area contributed by atoms with Crippen molar-refractivity contribution >= 4 is 16.9 Å². The first kappa shape index (κ1) is 20.1. The maximum atomic E-state index is 13.1. The van der Waals surface area contributed by atoms with Crippen LogP contribution in [0.2, 0.25) is 0 Å². The molecule has 6 nitrogen and oxygen atoms in total. The second-order valence-corrected chi connectivity index (χ2v) is 6.37. The van der Waals surface area contributed by atoms with E-state index in [4.69, 9.17) is 4.74 Å². The molecule has 0 radical (unpaired) electrons.